The summed E-state index contributed by atoms with van der Waals surface area (Å²) in [5, 5.41) is 6.72. The van der Waals surface area contributed by atoms with Crippen LogP contribution in [0.2, 0.25) is 0 Å². The summed E-state index contributed by atoms with van der Waals surface area (Å²) in [5.41, 5.74) is -3.05. The highest BCUT2D eigenvalue weighted by atomic mass is 35.5. The third-order valence-electron chi connectivity index (χ3n) is 4.71. The van der Waals surface area contributed by atoms with Crippen LogP contribution in [0.5, 0.6) is 0 Å². The molecule has 1 unspecified atom stereocenters. The Bertz CT molecular complexity index is 1230. The van der Waals surface area contributed by atoms with Crippen LogP contribution < -0.4 is 0 Å². The number of allylic oxidation sites excluding steroid dienone is 9. The predicted octanol–water partition coefficient (Wildman–Crippen LogP) is 8.44. The minimum atomic E-state index is -5.17. The van der Waals surface area contributed by atoms with Gasteiger partial charge >= 0.3 is 6.18 Å². The van der Waals surface area contributed by atoms with Crippen LogP contribution in [0.1, 0.15) is 31.5 Å². The van der Waals surface area contributed by atoms with Crippen LogP contribution in [-0.2, 0) is 22.3 Å². The number of aromatic nitrogens is 3. The second-order valence-corrected chi connectivity index (χ2v) is 7.86. The first-order valence-corrected chi connectivity index (χ1v) is 11.9. The van der Waals surface area contributed by atoms with Crippen molar-refractivity contribution in [3.05, 3.63) is 77.6 Å². The van der Waals surface area contributed by atoms with E-state index in [1.54, 1.807) is 13.0 Å². The first-order valence-electron chi connectivity index (χ1n) is 11.4. The molecule has 0 aliphatic carbocycles. The van der Waals surface area contributed by atoms with Gasteiger partial charge < -0.3 is 14.1 Å². The van der Waals surface area contributed by atoms with Gasteiger partial charge in [-0.3, -0.25) is 0 Å². The molecule has 2 aromatic heterocycles. The smallest absolute Gasteiger partial charge is 0.380 e. The van der Waals surface area contributed by atoms with Crippen LogP contribution in [-0.4, -0.2) is 47.6 Å². The SMILES string of the molecule is C=CC(F)/C=C(F)\C(F)=C(/CF)n1ncc(-c2oncc2COC)c1C(F)(F)F.C=O.CC/C=C\C(F)=C(\C)CCl. The van der Waals surface area contributed by atoms with E-state index in [1.165, 1.54) is 13.2 Å². The second-order valence-electron chi connectivity index (χ2n) is 7.59. The number of ether oxygens (including phenoxy) is 1. The van der Waals surface area contributed by atoms with Crippen molar-refractivity contribution in [3.8, 4) is 11.3 Å². The molecule has 2 aromatic rings. The Hall–Kier alpha value is -3.52. The van der Waals surface area contributed by atoms with Crippen LogP contribution in [0.15, 0.2) is 70.9 Å². The van der Waals surface area contributed by atoms with Crippen molar-refractivity contribution in [1.82, 2.24) is 14.9 Å². The van der Waals surface area contributed by atoms with E-state index in [4.69, 9.17) is 25.7 Å². The fourth-order valence-corrected chi connectivity index (χ4v) is 2.91. The average molecular weight is 618 g/mol. The molecule has 0 radical (unpaired) electrons. The first kappa shape index (κ1) is 37.5. The Morgan fingerprint density at radius 2 is 1.88 bits per heavy atom. The Kier molecular flexibility index (Phi) is 17.1. The Balaban J connectivity index is 0.00000113. The van der Waals surface area contributed by atoms with Gasteiger partial charge in [0.25, 0.3) is 0 Å². The molecule has 0 aliphatic rings. The van der Waals surface area contributed by atoms with Crippen molar-refractivity contribution < 1.29 is 49.2 Å². The molecule has 15 heteroatoms. The standard InChI is InChI=1S/C17H14F7N3O2.C8H12ClF.CH2O/c1-3-10(19)4-12(20)14(21)13(5-18)27-16(17(22,23)24)11(7-25-27)15-9(8-28-2)6-26-29-15;1-3-4-5-8(10)7(2)6-9;1-2/h3-4,6-7,10H,1,5,8H2,2H3;4-5H,3,6H2,1-2H3;1H2/b12-4+,14-13-;5-4-,8-7+;. The van der Waals surface area contributed by atoms with E-state index in [1.807, 2.05) is 13.7 Å². The third-order valence-corrected chi connectivity index (χ3v) is 5.11. The van der Waals surface area contributed by atoms with Gasteiger partial charge in [-0.05, 0) is 31.1 Å². The van der Waals surface area contributed by atoms with Crippen LogP contribution in [0.4, 0.5) is 35.1 Å². The molecule has 6 nitrogen and oxygen atoms in total. The van der Waals surface area contributed by atoms with E-state index >= 15 is 0 Å². The number of hydrogen-bond donors (Lipinski definition) is 0. The van der Waals surface area contributed by atoms with Crippen molar-refractivity contribution >= 4 is 24.1 Å². The summed E-state index contributed by atoms with van der Waals surface area (Å²) in [6, 6.07) is 0. The Morgan fingerprint density at radius 1 is 1.24 bits per heavy atom. The van der Waals surface area contributed by atoms with Gasteiger partial charge in [0.1, 0.15) is 31.2 Å². The van der Waals surface area contributed by atoms with Gasteiger partial charge in [0.05, 0.1) is 24.6 Å². The molecule has 0 saturated carbocycles. The monoisotopic (exact) mass is 617 g/mol. The number of nitrogens with zero attached hydrogens (tertiary/aromatic N) is 3. The van der Waals surface area contributed by atoms with Gasteiger partial charge in [-0.2, -0.15) is 18.3 Å². The van der Waals surface area contributed by atoms with Crippen LogP contribution in [0.3, 0.4) is 0 Å². The van der Waals surface area contributed by atoms with E-state index in [9.17, 15) is 35.1 Å². The minimum absolute atomic E-state index is 0.0861. The van der Waals surface area contributed by atoms with E-state index in [0.29, 0.717) is 17.8 Å². The summed E-state index contributed by atoms with van der Waals surface area (Å²) in [6.45, 7) is 6.61. The van der Waals surface area contributed by atoms with Gasteiger partial charge in [0.15, 0.2) is 23.1 Å². The van der Waals surface area contributed by atoms with Crippen molar-refractivity contribution in [1.29, 1.82) is 0 Å². The summed E-state index contributed by atoms with van der Waals surface area (Å²) >= 11 is 5.39. The first-order chi connectivity index (χ1) is 19.4. The van der Waals surface area contributed by atoms with Gasteiger partial charge in [-0.15, -0.1) is 11.6 Å². The molecule has 0 aromatic carbocycles. The van der Waals surface area contributed by atoms with Crippen molar-refractivity contribution in [2.75, 3.05) is 19.7 Å². The normalized spacial score (nSPS) is 13.9. The van der Waals surface area contributed by atoms with Gasteiger partial charge in [-0.1, -0.05) is 30.8 Å². The van der Waals surface area contributed by atoms with Gasteiger partial charge in [0, 0.05) is 18.6 Å². The van der Waals surface area contributed by atoms with E-state index in [-0.39, 0.29) is 34.6 Å². The minimum Gasteiger partial charge on any atom is -0.380 e. The second kappa shape index (κ2) is 18.8. The highest BCUT2D eigenvalue weighted by molar-refractivity contribution is 6.19. The molecule has 0 spiro atoms. The number of carbonyl (C=O) groups excluding carboxylic acids is 1. The largest absolute Gasteiger partial charge is 0.434 e. The lowest BCUT2D eigenvalue weighted by atomic mass is 10.1. The van der Waals surface area contributed by atoms with E-state index in [0.717, 1.165) is 12.6 Å². The molecular formula is C26H28ClF8N3O3. The Labute approximate surface area is 236 Å². The lowest BCUT2D eigenvalue weighted by molar-refractivity contribution is -0.142. The highest BCUT2D eigenvalue weighted by Crippen LogP contribution is 2.40. The van der Waals surface area contributed by atoms with Crippen LogP contribution in [0, 0.1) is 0 Å². The summed E-state index contributed by atoms with van der Waals surface area (Å²) < 4.78 is 118. The molecule has 41 heavy (non-hydrogen) atoms. The maximum Gasteiger partial charge on any atom is 0.434 e. The summed E-state index contributed by atoms with van der Waals surface area (Å²) in [5.74, 6) is -4.30. The maximum atomic E-state index is 14.3. The van der Waals surface area contributed by atoms with Crippen molar-refractivity contribution in [2.24, 2.45) is 0 Å². The number of carbonyl (C=O) groups is 1. The quantitative estimate of drug-likeness (QED) is 0.110. The lowest BCUT2D eigenvalue weighted by Crippen LogP contribution is -2.17. The van der Waals surface area contributed by atoms with E-state index in [2.05, 4.69) is 16.8 Å². The number of methoxy groups -OCH3 is 1. The number of alkyl halides is 6. The molecule has 2 heterocycles. The average Bonchev–Trinajstić information content (AvgIpc) is 3.60. The molecule has 0 amide bonds. The lowest BCUT2D eigenvalue weighted by Gasteiger charge is -2.14. The zero-order valence-corrected chi connectivity index (χ0v) is 23.0. The Morgan fingerprint density at radius 3 is 2.37 bits per heavy atom. The fraction of sp³-hybridized carbons (Fsp3) is 0.346. The van der Waals surface area contributed by atoms with Gasteiger partial charge in [0.2, 0.25) is 0 Å². The molecule has 0 bridgehead atoms. The number of hydrogen-bond acceptors (Lipinski definition) is 5. The zero-order chi connectivity index (χ0) is 31.8. The number of halogens is 9. The molecule has 0 saturated heterocycles. The molecule has 0 N–H and O–H groups in total. The predicted molar refractivity (Wildman–Crippen MR) is 139 cm³/mol. The van der Waals surface area contributed by atoms with Crippen molar-refractivity contribution in [2.45, 2.75) is 39.2 Å². The molecular weight excluding hydrogens is 590 g/mol. The van der Waals surface area contributed by atoms with Crippen LogP contribution >= 0.6 is 11.6 Å². The number of rotatable bonds is 11. The summed E-state index contributed by atoms with van der Waals surface area (Å²) in [7, 11) is 1.28. The molecule has 1 atom stereocenters. The molecule has 228 valence electrons. The zero-order valence-electron chi connectivity index (χ0n) is 22.3. The molecule has 2 rings (SSSR count). The summed E-state index contributed by atoms with van der Waals surface area (Å²) in [4.78, 5) is 8.00. The maximum absolute atomic E-state index is 14.3. The topological polar surface area (TPSA) is 70.2 Å². The van der Waals surface area contributed by atoms with Crippen molar-refractivity contribution in [3.63, 3.8) is 0 Å². The summed E-state index contributed by atoms with van der Waals surface area (Å²) in [6.07, 6.45) is -0.808. The van der Waals surface area contributed by atoms with E-state index < -0.39 is 53.4 Å². The van der Waals surface area contributed by atoms with Gasteiger partial charge in [-0.25, -0.2) is 26.6 Å². The molecule has 0 fully saturated rings. The molecule has 0 aliphatic heterocycles. The third kappa shape index (κ3) is 11.1. The fourth-order valence-electron chi connectivity index (χ4n) is 2.79. The highest BCUT2D eigenvalue weighted by Gasteiger charge is 2.41. The van der Waals surface area contributed by atoms with Crippen LogP contribution in [0.25, 0.3) is 17.0 Å².